The average molecular weight is 396 g/mol. The van der Waals surface area contributed by atoms with Gasteiger partial charge in [-0.05, 0) is 31.0 Å². The molecule has 9 heteroatoms. The number of H-pyrrole nitrogens is 1. The number of furan rings is 1. The van der Waals surface area contributed by atoms with Crippen LogP contribution in [0.5, 0.6) is 0 Å². The zero-order valence-corrected chi connectivity index (χ0v) is 16.1. The van der Waals surface area contributed by atoms with Crippen molar-refractivity contribution in [2.24, 2.45) is 0 Å². The number of nitrogens with zero attached hydrogens (tertiary/aromatic N) is 3. The van der Waals surface area contributed by atoms with Crippen molar-refractivity contribution < 1.29 is 9.21 Å². The summed E-state index contributed by atoms with van der Waals surface area (Å²) in [6.07, 6.45) is 4.33. The molecule has 0 fully saturated rings. The van der Waals surface area contributed by atoms with Gasteiger partial charge in [0.05, 0.1) is 17.6 Å². The Morgan fingerprint density at radius 2 is 2.18 bits per heavy atom. The van der Waals surface area contributed by atoms with E-state index in [-0.39, 0.29) is 11.7 Å². The van der Waals surface area contributed by atoms with E-state index in [0.29, 0.717) is 23.3 Å². The van der Waals surface area contributed by atoms with Gasteiger partial charge in [-0.2, -0.15) is 0 Å². The van der Waals surface area contributed by atoms with Crippen LogP contribution in [0.25, 0.3) is 22.3 Å². The molecule has 0 spiro atoms. The van der Waals surface area contributed by atoms with Crippen LogP contribution in [0, 0.1) is 6.92 Å². The van der Waals surface area contributed by atoms with E-state index in [4.69, 9.17) is 10.3 Å². The molecule has 0 radical (unpaired) electrons. The van der Waals surface area contributed by atoms with Crippen molar-refractivity contribution >= 4 is 28.6 Å². The van der Waals surface area contributed by atoms with Crippen LogP contribution >= 0.6 is 11.8 Å². The van der Waals surface area contributed by atoms with Crippen molar-refractivity contribution in [3.63, 3.8) is 0 Å². The highest BCUT2D eigenvalue weighted by Gasteiger charge is 2.16. The van der Waals surface area contributed by atoms with Crippen molar-refractivity contribution in [1.29, 1.82) is 0 Å². The van der Waals surface area contributed by atoms with E-state index < -0.39 is 0 Å². The highest BCUT2D eigenvalue weighted by Crippen LogP contribution is 2.24. The summed E-state index contributed by atoms with van der Waals surface area (Å²) in [7, 11) is 0. The number of nitrogens with two attached hydrogens (primary N) is 1. The largest absolute Gasteiger partial charge is 0.469 e. The standard InChI is InChI=1S/C19H20N6O2S/c1-12-14(7-9-27-12)18-23-24-19(25(18)20)28-11-17(26)21-8-6-13-10-22-16-5-3-2-4-15(13)16/h2-5,7,9-10,22H,6,8,11,20H2,1H3,(H,21,26). The van der Waals surface area contributed by atoms with Crippen LogP contribution in [0.2, 0.25) is 0 Å². The fourth-order valence-corrected chi connectivity index (χ4v) is 3.72. The van der Waals surface area contributed by atoms with Crippen molar-refractivity contribution in [3.8, 4) is 11.4 Å². The number of aromatic amines is 1. The highest BCUT2D eigenvalue weighted by atomic mass is 32.2. The Labute approximate surface area is 165 Å². The lowest BCUT2D eigenvalue weighted by molar-refractivity contribution is -0.118. The summed E-state index contributed by atoms with van der Waals surface area (Å²) in [5.74, 6) is 7.42. The lowest BCUT2D eigenvalue weighted by Gasteiger charge is -2.05. The maximum atomic E-state index is 12.2. The number of fused-ring (bicyclic) bond motifs is 1. The van der Waals surface area contributed by atoms with Crippen molar-refractivity contribution in [1.82, 2.24) is 25.2 Å². The SMILES string of the molecule is Cc1occc1-c1nnc(SCC(=O)NCCc2c[nH]c3ccccc23)n1N. The summed E-state index contributed by atoms with van der Waals surface area (Å²) in [6, 6.07) is 9.91. The first-order valence-corrected chi connectivity index (χ1v) is 9.81. The number of hydrogen-bond acceptors (Lipinski definition) is 6. The van der Waals surface area contributed by atoms with Gasteiger partial charge in [-0.15, -0.1) is 10.2 Å². The first-order chi connectivity index (χ1) is 13.6. The molecule has 0 saturated heterocycles. The van der Waals surface area contributed by atoms with Gasteiger partial charge in [-0.1, -0.05) is 30.0 Å². The smallest absolute Gasteiger partial charge is 0.230 e. The molecule has 0 atom stereocenters. The average Bonchev–Trinajstić information content (AvgIpc) is 3.39. The van der Waals surface area contributed by atoms with Crippen LogP contribution in [0.3, 0.4) is 0 Å². The second-order valence-electron chi connectivity index (χ2n) is 6.31. The maximum Gasteiger partial charge on any atom is 0.230 e. The molecule has 4 N–H and O–H groups in total. The molecule has 0 aliphatic carbocycles. The van der Waals surface area contributed by atoms with Crippen molar-refractivity contribution in [2.75, 3.05) is 18.1 Å². The lowest BCUT2D eigenvalue weighted by Crippen LogP contribution is -2.27. The number of nitrogen functional groups attached to an aromatic ring is 1. The number of nitrogens with one attached hydrogen (secondary N) is 2. The number of para-hydroxylation sites is 1. The van der Waals surface area contributed by atoms with E-state index in [9.17, 15) is 4.79 Å². The molecule has 3 heterocycles. The molecule has 0 bridgehead atoms. The minimum atomic E-state index is -0.0751. The van der Waals surface area contributed by atoms with Gasteiger partial charge in [-0.25, -0.2) is 4.68 Å². The number of rotatable bonds is 7. The fourth-order valence-electron chi connectivity index (χ4n) is 3.03. The van der Waals surface area contributed by atoms with Gasteiger partial charge in [-0.3, -0.25) is 4.79 Å². The first kappa shape index (κ1) is 18.2. The number of carbonyl (C=O) groups excluding carboxylic acids is 1. The van der Waals surface area contributed by atoms with E-state index in [1.807, 2.05) is 31.3 Å². The normalized spacial score (nSPS) is 11.2. The molecule has 0 aliphatic rings. The summed E-state index contributed by atoms with van der Waals surface area (Å²) in [6.45, 7) is 2.40. The van der Waals surface area contributed by atoms with Crippen LogP contribution in [0.4, 0.5) is 0 Å². The van der Waals surface area contributed by atoms with Gasteiger partial charge in [0, 0.05) is 23.6 Å². The zero-order valence-electron chi connectivity index (χ0n) is 15.3. The Morgan fingerprint density at radius 3 is 3.00 bits per heavy atom. The van der Waals surface area contributed by atoms with Gasteiger partial charge < -0.3 is 20.6 Å². The molecule has 4 rings (SSSR count). The molecule has 144 valence electrons. The third kappa shape index (κ3) is 3.61. The minimum absolute atomic E-state index is 0.0751. The van der Waals surface area contributed by atoms with E-state index in [0.717, 1.165) is 17.5 Å². The number of thioether (sulfide) groups is 1. The van der Waals surface area contributed by atoms with Crippen LogP contribution in [0.15, 0.2) is 52.4 Å². The Hall–Kier alpha value is -3.20. The van der Waals surface area contributed by atoms with E-state index in [2.05, 4.69) is 26.6 Å². The first-order valence-electron chi connectivity index (χ1n) is 8.83. The molecule has 8 nitrogen and oxygen atoms in total. The predicted molar refractivity (Wildman–Crippen MR) is 108 cm³/mol. The van der Waals surface area contributed by atoms with E-state index in [1.165, 1.54) is 27.4 Å². The van der Waals surface area contributed by atoms with E-state index >= 15 is 0 Å². The molecular formula is C19H20N6O2S. The van der Waals surface area contributed by atoms with Crippen LogP contribution in [-0.2, 0) is 11.2 Å². The number of benzene rings is 1. The summed E-state index contributed by atoms with van der Waals surface area (Å²) in [4.78, 5) is 15.4. The Bertz CT molecular complexity index is 1110. The molecule has 0 aliphatic heterocycles. The number of amides is 1. The number of aryl methyl sites for hydroxylation is 1. The molecule has 28 heavy (non-hydrogen) atoms. The quantitative estimate of drug-likeness (QED) is 0.327. The molecule has 0 saturated carbocycles. The molecule has 3 aromatic heterocycles. The van der Waals surface area contributed by atoms with Crippen LogP contribution in [0.1, 0.15) is 11.3 Å². The molecular weight excluding hydrogens is 376 g/mol. The van der Waals surface area contributed by atoms with Crippen molar-refractivity contribution in [3.05, 3.63) is 54.1 Å². The zero-order chi connectivity index (χ0) is 19.5. The van der Waals surface area contributed by atoms with Crippen molar-refractivity contribution in [2.45, 2.75) is 18.5 Å². The predicted octanol–water partition coefficient (Wildman–Crippen LogP) is 2.49. The molecule has 1 amide bonds. The number of carbonyl (C=O) groups is 1. The van der Waals surface area contributed by atoms with Gasteiger partial charge in [0.25, 0.3) is 0 Å². The second kappa shape index (κ2) is 7.81. The molecule has 4 aromatic rings. The Kier molecular flexibility index (Phi) is 5.07. The summed E-state index contributed by atoms with van der Waals surface area (Å²) in [5, 5.41) is 12.7. The van der Waals surface area contributed by atoms with Gasteiger partial charge in [0.15, 0.2) is 5.82 Å². The number of aromatic nitrogens is 4. The maximum absolute atomic E-state index is 12.2. The minimum Gasteiger partial charge on any atom is -0.469 e. The third-order valence-corrected chi connectivity index (χ3v) is 5.43. The fraction of sp³-hybridized carbons (Fsp3) is 0.211. The topological polar surface area (TPSA) is 115 Å². The Balaban J connectivity index is 1.29. The summed E-state index contributed by atoms with van der Waals surface area (Å²) >= 11 is 1.25. The van der Waals surface area contributed by atoms with Gasteiger partial charge >= 0.3 is 0 Å². The van der Waals surface area contributed by atoms with Crippen LogP contribution in [-0.4, -0.2) is 38.1 Å². The summed E-state index contributed by atoms with van der Waals surface area (Å²) in [5.41, 5.74) is 3.07. The molecule has 0 unspecified atom stereocenters. The summed E-state index contributed by atoms with van der Waals surface area (Å²) < 4.78 is 6.65. The Morgan fingerprint density at radius 1 is 1.32 bits per heavy atom. The van der Waals surface area contributed by atoms with Crippen LogP contribution < -0.4 is 11.2 Å². The monoisotopic (exact) mass is 396 g/mol. The third-order valence-electron chi connectivity index (χ3n) is 4.49. The lowest BCUT2D eigenvalue weighted by atomic mass is 10.1. The second-order valence-corrected chi connectivity index (χ2v) is 7.26. The van der Waals surface area contributed by atoms with Gasteiger partial charge in [0.1, 0.15) is 5.76 Å². The van der Waals surface area contributed by atoms with E-state index in [1.54, 1.807) is 12.3 Å². The van der Waals surface area contributed by atoms with Gasteiger partial charge in [0.2, 0.25) is 11.1 Å². The highest BCUT2D eigenvalue weighted by molar-refractivity contribution is 7.99. The molecule has 1 aromatic carbocycles. The number of hydrogen-bond donors (Lipinski definition) is 3.